The fraction of sp³-hybridized carbons (Fsp3) is 0.429. The highest BCUT2D eigenvalue weighted by Gasteiger charge is 2.33. The van der Waals surface area contributed by atoms with Crippen molar-refractivity contribution in [3.63, 3.8) is 0 Å². The maximum absolute atomic E-state index is 13.2. The summed E-state index contributed by atoms with van der Waals surface area (Å²) < 4.78 is 39.6. The lowest BCUT2D eigenvalue weighted by molar-refractivity contribution is -0.137. The molecule has 0 aromatic heterocycles. The quantitative estimate of drug-likeness (QED) is 0.359. The van der Waals surface area contributed by atoms with Crippen LogP contribution in [0, 0.1) is 0 Å². The average Bonchev–Trinajstić information content (AvgIpc) is 2.68. The number of alkyl halides is 3. The first-order valence-corrected chi connectivity index (χ1v) is 10.4. The van der Waals surface area contributed by atoms with E-state index in [9.17, 15) is 13.2 Å². The molecule has 28 heavy (non-hydrogen) atoms. The third kappa shape index (κ3) is 5.21. The van der Waals surface area contributed by atoms with Gasteiger partial charge in [-0.2, -0.15) is 13.2 Å². The van der Waals surface area contributed by atoms with Crippen LogP contribution in [0.4, 0.5) is 24.5 Å². The zero-order chi connectivity index (χ0) is 20.0. The third-order valence-electron chi connectivity index (χ3n) is 4.87. The summed E-state index contributed by atoms with van der Waals surface area (Å²) in [7, 11) is 0. The van der Waals surface area contributed by atoms with Crippen molar-refractivity contribution < 1.29 is 18.4 Å². The van der Waals surface area contributed by atoms with Gasteiger partial charge in [0.1, 0.15) is 0 Å². The van der Waals surface area contributed by atoms with E-state index in [-0.39, 0.29) is 0 Å². The summed E-state index contributed by atoms with van der Waals surface area (Å²) in [5.41, 5.74) is 3.18. The molecule has 0 atom stereocenters. The topological polar surface area (TPSA) is 35.5 Å². The van der Waals surface area contributed by atoms with E-state index in [0.717, 1.165) is 54.0 Å². The lowest BCUT2D eigenvalue weighted by Gasteiger charge is -2.33. The van der Waals surface area contributed by atoms with Gasteiger partial charge in [0, 0.05) is 22.9 Å². The summed E-state index contributed by atoms with van der Waals surface area (Å²) in [6.07, 6.45) is 1.81. The molecule has 0 bridgehead atoms. The van der Waals surface area contributed by atoms with Crippen molar-refractivity contribution in [3.05, 3.63) is 48.0 Å². The SMILES string of the molecule is ONCCCCCCCCN1c2ccccc2Sc2ccc(C(F)(F)F)cc21. The zero-order valence-electron chi connectivity index (χ0n) is 15.6. The number of fused-ring (bicyclic) bond motifs is 2. The Labute approximate surface area is 167 Å². The fourth-order valence-corrected chi connectivity index (χ4v) is 4.50. The molecule has 1 aliphatic heterocycles. The molecule has 0 unspecified atom stereocenters. The van der Waals surface area contributed by atoms with Gasteiger partial charge >= 0.3 is 6.18 Å². The molecule has 0 radical (unpaired) electrons. The second-order valence-electron chi connectivity index (χ2n) is 6.93. The van der Waals surface area contributed by atoms with E-state index in [0.29, 0.717) is 18.8 Å². The predicted molar refractivity (Wildman–Crippen MR) is 107 cm³/mol. The number of para-hydroxylation sites is 1. The van der Waals surface area contributed by atoms with Gasteiger partial charge in [0.15, 0.2) is 0 Å². The first kappa shape index (κ1) is 21.0. The summed E-state index contributed by atoms with van der Waals surface area (Å²) in [6.45, 7) is 1.31. The Morgan fingerprint density at radius 3 is 2.29 bits per heavy atom. The van der Waals surface area contributed by atoms with E-state index >= 15 is 0 Å². The van der Waals surface area contributed by atoms with E-state index in [1.165, 1.54) is 23.9 Å². The first-order chi connectivity index (χ1) is 13.5. The number of hydrogen-bond donors (Lipinski definition) is 2. The number of hydroxylamine groups is 1. The summed E-state index contributed by atoms with van der Waals surface area (Å²) in [4.78, 5) is 3.97. The van der Waals surface area contributed by atoms with E-state index in [1.54, 1.807) is 6.07 Å². The molecular weight excluding hydrogens is 385 g/mol. The van der Waals surface area contributed by atoms with E-state index in [4.69, 9.17) is 5.21 Å². The highest BCUT2D eigenvalue weighted by molar-refractivity contribution is 7.99. The predicted octanol–water partition coefficient (Wildman–Crippen LogP) is 6.63. The maximum Gasteiger partial charge on any atom is 0.416 e. The summed E-state index contributed by atoms with van der Waals surface area (Å²) in [5, 5.41) is 8.55. The highest BCUT2D eigenvalue weighted by atomic mass is 32.2. The Morgan fingerprint density at radius 2 is 1.54 bits per heavy atom. The van der Waals surface area contributed by atoms with Gasteiger partial charge in [-0.05, 0) is 43.2 Å². The fourth-order valence-electron chi connectivity index (χ4n) is 3.43. The number of anilines is 2. The molecule has 2 aromatic rings. The van der Waals surface area contributed by atoms with Crippen LogP contribution in [0.1, 0.15) is 44.1 Å². The number of hydrogen-bond acceptors (Lipinski definition) is 4. The molecule has 1 heterocycles. The molecule has 7 heteroatoms. The van der Waals surface area contributed by atoms with Gasteiger partial charge < -0.3 is 10.1 Å². The lowest BCUT2D eigenvalue weighted by atomic mass is 10.1. The van der Waals surface area contributed by atoms with Crippen LogP contribution in [-0.4, -0.2) is 18.3 Å². The Morgan fingerprint density at radius 1 is 0.857 bits per heavy atom. The number of benzene rings is 2. The van der Waals surface area contributed by atoms with Crippen molar-refractivity contribution in [1.82, 2.24) is 5.48 Å². The monoisotopic (exact) mass is 410 g/mol. The number of nitrogens with one attached hydrogen (secondary N) is 1. The molecular formula is C21H25F3N2OS. The molecule has 2 N–H and O–H groups in total. The van der Waals surface area contributed by atoms with Gasteiger partial charge in [-0.25, -0.2) is 5.48 Å². The Balaban J connectivity index is 1.69. The molecule has 0 saturated carbocycles. The third-order valence-corrected chi connectivity index (χ3v) is 6.00. The smallest absolute Gasteiger partial charge is 0.340 e. The largest absolute Gasteiger partial charge is 0.416 e. The second-order valence-corrected chi connectivity index (χ2v) is 8.01. The molecule has 0 saturated heterocycles. The van der Waals surface area contributed by atoms with Crippen molar-refractivity contribution in [2.45, 2.75) is 54.5 Å². The second kappa shape index (κ2) is 9.67. The van der Waals surface area contributed by atoms with Gasteiger partial charge in [-0.3, -0.25) is 0 Å². The number of nitrogens with zero attached hydrogens (tertiary/aromatic N) is 1. The van der Waals surface area contributed by atoms with E-state index in [1.807, 2.05) is 29.2 Å². The first-order valence-electron chi connectivity index (χ1n) is 9.63. The molecule has 152 valence electrons. The van der Waals surface area contributed by atoms with Crippen LogP contribution in [0.15, 0.2) is 52.3 Å². The van der Waals surface area contributed by atoms with Gasteiger partial charge in [0.05, 0.1) is 16.9 Å². The van der Waals surface area contributed by atoms with E-state index in [2.05, 4.69) is 5.48 Å². The summed E-state index contributed by atoms with van der Waals surface area (Å²) >= 11 is 1.53. The molecule has 0 fully saturated rings. The Hall–Kier alpha value is -1.70. The standard InChI is InChI=1S/C21H25F3N2OS/c22-21(23,24)16-11-12-20-18(15-16)26(17-9-5-6-10-19(17)28-20)14-8-4-2-1-3-7-13-25-27/h5-6,9-12,15,25,27H,1-4,7-8,13-14H2. The molecule has 1 aliphatic rings. The van der Waals surface area contributed by atoms with E-state index < -0.39 is 11.7 Å². The maximum atomic E-state index is 13.2. The van der Waals surface area contributed by atoms with Crippen LogP contribution in [0.25, 0.3) is 0 Å². The molecule has 3 rings (SSSR count). The molecule has 0 amide bonds. The van der Waals surface area contributed by atoms with Crippen molar-refractivity contribution >= 4 is 23.1 Å². The number of unbranched alkanes of at least 4 members (excludes halogenated alkanes) is 5. The number of rotatable bonds is 9. The van der Waals surface area contributed by atoms with Crippen LogP contribution in [0.3, 0.4) is 0 Å². The minimum Gasteiger partial charge on any atom is -0.340 e. The van der Waals surface area contributed by atoms with Crippen LogP contribution < -0.4 is 10.4 Å². The molecule has 2 aromatic carbocycles. The van der Waals surface area contributed by atoms with Gasteiger partial charge in [0.25, 0.3) is 0 Å². The molecule has 0 spiro atoms. The van der Waals surface area contributed by atoms with Gasteiger partial charge in [-0.15, -0.1) is 0 Å². The number of halogens is 3. The van der Waals surface area contributed by atoms with Crippen molar-refractivity contribution in [2.24, 2.45) is 0 Å². The van der Waals surface area contributed by atoms with Gasteiger partial charge in [-0.1, -0.05) is 49.6 Å². The molecule has 0 aliphatic carbocycles. The highest BCUT2D eigenvalue weighted by Crippen LogP contribution is 2.49. The normalized spacial score (nSPS) is 13.4. The lowest BCUT2D eigenvalue weighted by Crippen LogP contribution is -2.22. The minimum atomic E-state index is -4.34. The Bertz CT molecular complexity index is 782. The minimum absolute atomic E-state index is 0.603. The van der Waals surface area contributed by atoms with Gasteiger partial charge in [0.2, 0.25) is 0 Å². The molecule has 3 nitrogen and oxygen atoms in total. The van der Waals surface area contributed by atoms with Crippen molar-refractivity contribution in [1.29, 1.82) is 0 Å². The van der Waals surface area contributed by atoms with Crippen LogP contribution in [-0.2, 0) is 6.18 Å². The van der Waals surface area contributed by atoms with Crippen molar-refractivity contribution in [3.8, 4) is 0 Å². The van der Waals surface area contributed by atoms with Crippen molar-refractivity contribution in [2.75, 3.05) is 18.0 Å². The summed E-state index contributed by atoms with van der Waals surface area (Å²) in [5.74, 6) is 0. The zero-order valence-corrected chi connectivity index (χ0v) is 16.5. The van der Waals surface area contributed by atoms with Crippen LogP contribution in [0.2, 0.25) is 0 Å². The van der Waals surface area contributed by atoms with Crippen LogP contribution >= 0.6 is 11.8 Å². The average molecular weight is 411 g/mol. The van der Waals surface area contributed by atoms with Crippen LogP contribution in [0.5, 0.6) is 0 Å². The summed E-state index contributed by atoms with van der Waals surface area (Å²) in [6, 6.07) is 11.9. The Kier molecular flexibility index (Phi) is 7.26.